The van der Waals surface area contributed by atoms with Gasteiger partial charge in [-0.05, 0) is 33.6 Å². The molecule has 0 saturated carbocycles. The number of nitrogens with one attached hydrogen (secondary N) is 1. The van der Waals surface area contributed by atoms with Crippen LogP contribution in [-0.4, -0.2) is 57.8 Å². The molecule has 2 rings (SSSR count). The average molecular weight is 359 g/mol. The zero-order valence-corrected chi connectivity index (χ0v) is 13.9. The van der Waals surface area contributed by atoms with Gasteiger partial charge < -0.3 is 24.8 Å². The van der Waals surface area contributed by atoms with E-state index in [1.165, 1.54) is 5.56 Å². The average Bonchev–Trinajstić information content (AvgIpc) is 2.52. The van der Waals surface area contributed by atoms with Crippen LogP contribution >= 0.6 is 15.9 Å². The number of ether oxygens (including phenoxy) is 2. The fraction of sp³-hybridized carbons (Fsp3) is 0.600. The summed E-state index contributed by atoms with van der Waals surface area (Å²) in [6.07, 6.45) is 0. The second-order valence-corrected chi connectivity index (χ2v) is 5.91. The first-order valence-electron chi connectivity index (χ1n) is 7.19. The van der Waals surface area contributed by atoms with Crippen LogP contribution in [0.3, 0.4) is 0 Å². The summed E-state index contributed by atoms with van der Waals surface area (Å²) in [4.78, 5) is 2.20. The van der Waals surface area contributed by atoms with Gasteiger partial charge in [0.2, 0.25) is 0 Å². The molecule has 1 saturated heterocycles. The van der Waals surface area contributed by atoms with E-state index in [1.807, 2.05) is 0 Å². The van der Waals surface area contributed by atoms with Crippen LogP contribution in [0.15, 0.2) is 22.7 Å². The smallest absolute Gasteiger partial charge is 0.0755 e. The van der Waals surface area contributed by atoms with E-state index >= 15 is 0 Å². The Morgan fingerprint density at radius 3 is 3.10 bits per heavy atom. The number of nitrogens with zero attached hydrogens (tertiary/aromatic N) is 1. The summed E-state index contributed by atoms with van der Waals surface area (Å²) in [5.74, 6) is 0. The predicted octanol–water partition coefficient (Wildman–Crippen LogP) is 1.38. The number of halogens is 1. The van der Waals surface area contributed by atoms with Crippen LogP contribution in [0.25, 0.3) is 0 Å². The van der Waals surface area contributed by atoms with Gasteiger partial charge in [0.15, 0.2) is 0 Å². The van der Waals surface area contributed by atoms with E-state index in [2.05, 4.69) is 44.3 Å². The number of anilines is 1. The lowest BCUT2D eigenvalue weighted by Crippen LogP contribution is -2.47. The maximum atomic E-state index is 9.48. The zero-order valence-electron chi connectivity index (χ0n) is 12.3. The number of methoxy groups -OCH3 is 1. The van der Waals surface area contributed by atoms with Crippen molar-refractivity contribution in [1.29, 1.82) is 0 Å². The highest BCUT2D eigenvalue weighted by Crippen LogP contribution is 2.29. The summed E-state index contributed by atoms with van der Waals surface area (Å²) in [6, 6.07) is 6.37. The van der Waals surface area contributed by atoms with Crippen molar-refractivity contribution in [2.75, 3.05) is 51.5 Å². The van der Waals surface area contributed by atoms with E-state index in [9.17, 15) is 5.11 Å². The van der Waals surface area contributed by atoms with Crippen molar-refractivity contribution < 1.29 is 14.6 Å². The van der Waals surface area contributed by atoms with Crippen molar-refractivity contribution in [3.63, 3.8) is 0 Å². The van der Waals surface area contributed by atoms with Gasteiger partial charge in [-0.2, -0.15) is 0 Å². The molecule has 1 heterocycles. The molecule has 0 amide bonds. The van der Waals surface area contributed by atoms with Crippen molar-refractivity contribution >= 4 is 21.6 Å². The summed E-state index contributed by atoms with van der Waals surface area (Å²) in [6.45, 7) is 4.54. The Labute approximate surface area is 134 Å². The van der Waals surface area contributed by atoms with Gasteiger partial charge in [-0.3, -0.25) is 0 Å². The molecular formula is C15H23BrN2O3. The highest BCUT2D eigenvalue weighted by atomic mass is 79.9. The second-order valence-electron chi connectivity index (χ2n) is 5.06. The molecule has 1 atom stereocenters. The van der Waals surface area contributed by atoms with Crippen LogP contribution in [0, 0.1) is 0 Å². The molecule has 2 N–H and O–H groups in total. The summed E-state index contributed by atoms with van der Waals surface area (Å²) < 4.78 is 11.5. The Morgan fingerprint density at radius 2 is 2.38 bits per heavy atom. The Kier molecular flexibility index (Phi) is 6.92. The van der Waals surface area contributed by atoms with Gasteiger partial charge in [0.1, 0.15) is 0 Å². The molecule has 21 heavy (non-hydrogen) atoms. The summed E-state index contributed by atoms with van der Waals surface area (Å²) in [7, 11) is 1.70. The quantitative estimate of drug-likeness (QED) is 0.721. The molecule has 0 aromatic heterocycles. The Bertz CT molecular complexity index is 445. The van der Waals surface area contributed by atoms with Gasteiger partial charge in [0.05, 0.1) is 38.2 Å². The van der Waals surface area contributed by atoms with E-state index in [1.54, 1.807) is 7.11 Å². The Hall–Kier alpha value is -0.660. The van der Waals surface area contributed by atoms with Gasteiger partial charge in [0.25, 0.3) is 0 Å². The summed E-state index contributed by atoms with van der Waals surface area (Å²) in [5.41, 5.74) is 2.33. The number of morpholine rings is 1. The van der Waals surface area contributed by atoms with Crippen LogP contribution in [0.1, 0.15) is 5.56 Å². The van der Waals surface area contributed by atoms with Gasteiger partial charge in [-0.15, -0.1) is 0 Å². The molecule has 1 aliphatic heterocycles. The maximum Gasteiger partial charge on any atom is 0.0755 e. The standard InChI is InChI=1S/C15H23BrN2O3/c1-20-6-4-17-9-12-2-3-15(14(16)8-12)18-5-7-21-11-13(18)10-19/h2-3,8,13,17,19H,4-7,9-11H2,1H3. The topological polar surface area (TPSA) is 54.0 Å². The van der Waals surface area contributed by atoms with Gasteiger partial charge >= 0.3 is 0 Å². The highest BCUT2D eigenvalue weighted by molar-refractivity contribution is 9.10. The van der Waals surface area contributed by atoms with Crippen molar-refractivity contribution in [3.8, 4) is 0 Å². The number of aliphatic hydroxyl groups is 1. The fourth-order valence-electron chi connectivity index (χ4n) is 2.42. The van der Waals surface area contributed by atoms with Gasteiger partial charge in [-0.25, -0.2) is 0 Å². The molecule has 118 valence electrons. The molecular weight excluding hydrogens is 336 g/mol. The third-order valence-corrected chi connectivity index (χ3v) is 4.21. The lowest BCUT2D eigenvalue weighted by atomic mass is 10.1. The van der Waals surface area contributed by atoms with Crippen LogP contribution < -0.4 is 10.2 Å². The Morgan fingerprint density at radius 1 is 1.52 bits per heavy atom. The Balaban J connectivity index is 2.01. The van der Waals surface area contributed by atoms with Crippen molar-refractivity contribution in [1.82, 2.24) is 5.32 Å². The highest BCUT2D eigenvalue weighted by Gasteiger charge is 2.23. The minimum atomic E-state index is 0.0285. The van der Waals surface area contributed by atoms with E-state index < -0.39 is 0 Å². The van der Waals surface area contributed by atoms with E-state index in [0.717, 1.165) is 29.8 Å². The molecule has 0 aliphatic carbocycles. The molecule has 6 heteroatoms. The minimum Gasteiger partial charge on any atom is -0.394 e. The van der Waals surface area contributed by atoms with E-state index in [-0.39, 0.29) is 12.6 Å². The normalized spacial score (nSPS) is 19.0. The molecule has 1 aliphatic rings. The number of hydrogen-bond acceptors (Lipinski definition) is 5. The van der Waals surface area contributed by atoms with Crippen LogP contribution in [0.5, 0.6) is 0 Å². The van der Waals surface area contributed by atoms with Crippen LogP contribution in [0.4, 0.5) is 5.69 Å². The molecule has 1 fully saturated rings. The van der Waals surface area contributed by atoms with Crippen molar-refractivity contribution in [3.05, 3.63) is 28.2 Å². The summed E-state index contributed by atoms with van der Waals surface area (Å²) >= 11 is 3.65. The summed E-state index contributed by atoms with van der Waals surface area (Å²) in [5, 5.41) is 12.8. The molecule has 1 aromatic rings. The first-order valence-corrected chi connectivity index (χ1v) is 7.99. The van der Waals surface area contributed by atoms with E-state index in [0.29, 0.717) is 19.8 Å². The predicted molar refractivity (Wildman–Crippen MR) is 86.8 cm³/mol. The first kappa shape index (κ1) is 16.7. The number of aliphatic hydroxyl groups excluding tert-OH is 1. The van der Waals surface area contributed by atoms with Crippen molar-refractivity contribution in [2.45, 2.75) is 12.6 Å². The molecule has 5 nitrogen and oxygen atoms in total. The molecule has 0 radical (unpaired) electrons. The van der Waals surface area contributed by atoms with Crippen LogP contribution in [0.2, 0.25) is 0 Å². The molecule has 0 spiro atoms. The second kappa shape index (κ2) is 8.70. The fourth-order valence-corrected chi connectivity index (χ4v) is 3.08. The first-order chi connectivity index (χ1) is 10.3. The zero-order chi connectivity index (χ0) is 15.1. The minimum absolute atomic E-state index is 0.0285. The number of hydrogen-bond donors (Lipinski definition) is 2. The monoisotopic (exact) mass is 358 g/mol. The lowest BCUT2D eigenvalue weighted by Gasteiger charge is -2.37. The van der Waals surface area contributed by atoms with Gasteiger partial charge in [0, 0.05) is 31.2 Å². The number of benzene rings is 1. The molecule has 1 aromatic carbocycles. The maximum absolute atomic E-state index is 9.48. The third-order valence-electron chi connectivity index (χ3n) is 3.57. The van der Waals surface area contributed by atoms with E-state index in [4.69, 9.17) is 9.47 Å². The van der Waals surface area contributed by atoms with Crippen molar-refractivity contribution in [2.24, 2.45) is 0 Å². The molecule has 1 unspecified atom stereocenters. The molecule has 0 bridgehead atoms. The number of rotatable bonds is 7. The largest absolute Gasteiger partial charge is 0.394 e. The lowest BCUT2D eigenvalue weighted by molar-refractivity contribution is 0.0726. The van der Waals surface area contributed by atoms with Gasteiger partial charge in [-0.1, -0.05) is 6.07 Å². The third kappa shape index (κ3) is 4.66. The van der Waals surface area contributed by atoms with Crippen LogP contribution in [-0.2, 0) is 16.0 Å². The SMILES string of the molecule is COCCNCc1ccc(N2CCOCC2CO)c(Br)c1.